The van der Waals surface area contributed by atoms with E-state index in [1.807, 2.05) is 31.2 Å². The summed E-state index contributed by atoms with van der Waals surface area (Å²) in [5.74, 6) is 0.814. The molecule has 3 rings (SSSR count). The molecule has 4 nitrogen and oxygen atoms in total. The third kappa shape index (κ3) is 3.92. The number of ether oxygens (including phenoxy) is 1. The molecule has 1 atom stereocenters. The van der Waals surface area contributed by atoms with Crippen LogP contribution < -0.4 is 15.5 Å². The Labute approximate surface area is 147 Å². The van der Waals surface area contributed by atoms with Gasteiger partial charge in [-0.15, -0.1) is 0 Å². The third-order valence-electron chi connectivity index (χ3n) is 4.03. The maximum Gasteiger partial charge on any atom is 0.187 e. The van der Waals surface area contributed by atoms with Crippen LogP contribution in [-0.4, -0.2) is 17.9 Å². The highest BCUT2D eigenvalue weighted by atomic mass is 32.1. The lowest BCUT2D eigenvalue weighted by atomic mass is 10.1. The maximum absolute atomic E-state index is 5.57. The summed E-state index contributed by atoms with van der Waals surface area (Å²) in [4.78, 5) is 0. The molecule has 1 unspecified atom stereocenters. The SMILES string of the molecule is CCOc1ccccc1C=NNC(=S)NC1CCc2ccccc21. The Morgan fingerprint density at radius 3 is 2.92 bits per heavy atom. The van der Waals surface area contributed by atoms with E-state index >= 15 is 0 Å². The number of aryl methyl sites for hydroxylation is 1. The van der Waals surface area contributed by atoms with Crippen LogP contribution in [0.25, 0.3) is 0 Å². The van der Waals surface area contributed by atoms with Crippen LogP contribution in [0, 0.1) is 0 Å². The van der Waals surface area contributed by atoms with E-state index in [2.05, 4.69) is 40.1 Å². The van der Waals surface area contributed by atoms with Crippen molar-refractivity contribution in [3.05, 3.63) is 65.2 Å². The summed E-state index contributed by atoms with van der Waals surface area (Å²) in [6.45, 7) is 2.59. The number of para-hydroxylation sites is 1. The van der Waals surface area contributed by atoms with E-state index in [0.29, 0.717) is 11.7 Å². The number of benzene rings is 2. The molecular weight excluding hydrogens is 318 g/mol. The van der Waals surface area contributed by atoms with E-state index in [0.717, 1.165) is 24.2 Å². The molecule has 0 fully saturated rings. The lowest BCUT2D eigenvalue weighted by Gasteiger charge is -2.15. The van der Waals surface area contributed by atoms with Crippen molar-refractivity contribution in [2.24, 2.45) is 5.10 Å². The quantitative estimate of drug-likeness (QED) is 0.497. The second-order valence-corrected chi connectivity index (χ2v) is 6.01. The van der Waals surface area contributed by atoms with E-state index in [1.54, 1.807) is 6.21 Å². The summed E-state index contributed by atoms with van der Waals surface area (Å²) in [6.07, 6.45) is 3.86. The first-order chi connectivity index (χ1) is 11.8. The van der Waals surface area contributed by atoms with Crippen LogP contribution in [0.15, 0.2) is 53.6 Å². The van der Waals surface area contributed by atoms with Gasteiger partial charge in [0.15, 0.2) is 5.11 Å². The van der Waals surface area contributed by atoms with Gasteiger partial charge in [0.1, 0.15) is 5.75 Å². The maximum atomic E-state index is 5.57. The Morgan fingerprint density at radius 1 is 1.25 bits per heavy atom. The minimum Gasteiger partial charge on any atom is -0.493 e. The molecule has 5 heteroatoms. The van der Waals surface area contributed by atoms with Crippen molar-refractivity contribution in [1.82, 2.24) is 10.7 Å². The predicted octanol–water partition coefficient (Wildman–Crippen LogP) is 3.57. The summed E-state index contributed by atoms with van der Waals surface area (Å²) in [6, 6.07) is 16.5. The summed E-state index contributed by atoms with van der Waals surface area (Å²) in [7, 11) is 0. The van der Waals surface area contributed by atoms with Gasteiger partial charge in [-0.3, -0.25) is 5.43 Å². The first kappa shape index (κ1) is 16.5. The Kier molecular flexibility index (Phi) is 5.43. The van der Waals surface area contributed by atoms with Crippen molar-refractivity contribution < 1.29 is 4.74 Å². The second-order valence-electron chi connectivity index (χ2n) is 5.60. The van der Waals surface area contributed by atoms with Crippen LogP contribution in [-0.2, 0) is 6.42 Å². The number of hydrogen-bond acceptors (Lipinski definition) is 3. The molecule has 0 radical (unpaired) electrons. The molecule has 24 heavy (non-hydrogen) atoms. The summed E-state index contributed by atoms with van der Waals surface area (Å²) in [5.41, 5.74) is 6.53. The standard InChI is InChI=1S/C19H21N3OS/c1-2-23-18-10-6-4-8-15(18)13-20-22-19(24)21-17-12-11-14-7-3-5-9-16(14)17/h3-10,13,17H,2,11-12H2,1H3,(H2,21,22,24). The summed E-state index contributed by atoms with van der Waals surface area (Å²) >= 11 is 5.35. The molecule has 0 bridgehead atoms. The fourth-order valence-corrected chi connectivity index (χ4v) is 3.13. The molecule has 2 N–H and O–H groups in total. The topological polar surface area (TPSA) is 45.6 Å². The van der Waals surface area contributed by atoms with E-state index in [9.17, 15) is 0 Å². The van der Waals surface area contributed by atoms with E-state index in [1.165, 1.54) is 11.1 Å². The number of hydrazone groups is 1. The van der Waals surface area contributed by atoms with Crippen molar-refractivity contribution in [3.8, 4) is 5.75 Å². The summed E-state index contributed by atoms with van der Waals surface area (Å²) in [5, 5.41) is 8.09. The van der Waals surface area contributed by atoms with Crippen molar-refractivity contribution in [1.29, 1.82) is 0 Å². The van der Waals surface area contributed by atoms with Crippen LogP contribution in [0.4, 0.5) is 0 Å². The molecule has 0 spiro atoms. The van der Waals surface area contributed by atoms with Gasteiger partial charge in [-0.1, -0.05) is 36.4 Å². The predicted molar refractivity (Wildman–Crippen MR) is 102 cm³/mol. The molecule has 0 aromatic heterocycles. The van der Waals surface area contributed by atoms with Crippen molar-refractivity contribution >= 4 is 23.5 Å². The zero-order chi connectivity index (χ0) is 16.8. The van der Waals surface area contributed by atoms with Crippen molar-refractivity contribution in [2.45, 2.75) is 25.8 Å². The molecule has 1 aliphatic carbocycles. The molecule has 0 heterocycles. The second kappa shape index (κ2) is 7.93. The Morgan fingerprint density at radius 2 is 2.04 bits per heavy atom. The van der Waals surface area contributed by atoms with Gasteiger partial charge in [0.25, 0.3) is 0 Å². The molecule has 2 aromatic rings. The van der Waals surface area contributed by atoms with Gasteiger partial charge in [-0.25, -0.2) is 0 Å². The van der Waals surface area contributed by atoms with Crippen LogP contribution in [0.2, 0.25) is 0 Å². The molecule has 124 valence electrons. The third-order valence-corrected chi connectivity index (χ3v) is 4.24. The number of rotatable bonds is 5. The van der Waals surface area contributed by atoms with Gasteiger partial charge in [-0.05, 0) is 55.2 Å². The molecular formula is C19H21N3OS. The van der Waals surface area contributed by atoms with Gasteiger partial charge in [0, 0.05) is 5.56 Å². The first-order valence-corrected chi connectivity index (χ1v) is 8.58. The monoisotopic (exact) mass is 339 g/mol. The fraction of sp³-hybridized carbons (Fsp3) is 0.263. The molecule has 0 aliphatic heterocycles. The average molecular weight is 339 g/mol. The molecule has 1 aliphatic rings. The zero-order valence-corrected chi connectivity index (χ0v) is 14.5. The van der Waals surface area contributed by atoms with Crippen LogP contribution in [0.5, 0.6) is 5.75 Å². The minimum absolute atomic E-state index is 0.257. The molecule has 0 saturated heterocycles. The van der Waals surface area contributed by atoms with Crippen LogP contribution in [0.3, 0.4) is 0 Å². The number of nitrogens with one attached hydrogen (secondary N) is 2. The van der Waals surface area contributed by atoms with E-state index in [-0.39, 0.29) is 6.04 Å². The number of fused-ring (bicyclic) bond motifs is 1. The Bertz CT molecular complexity index is 745. The number of nitrogens with zero attached hydrogens (tertiary/aromatic N) is 1. The van der Waals surface area contributed by atoms with Gasteiger partial charge in [-0.2, -0.15) is 5.10 Å². The fourth-order valence-electron chi connectivity index (χ4n) is 2.93. The van der Waals surface area contributed by atoms with Gasteiger partial charge in [0.2, 0.25) is 0 Å². The van der Waals surface area contributed by atoms with Crippen LogP contribution in [0.1, 0.15) is 36.1 Å². The van der Waals surface area contributed by atoms with Gasteiger partial charge < -0.3 is 10.1 Å². The van der Waals surface area contributed by atoms with E-state index < -0.39 is 0 Å². The zero-order valence-electron chi connectivity index (χ0n) is 13.7. The number of hydrogen-bond donors (Lipinski definition) is 2. The molecule has 0 saturated carbocycles. The van der Waals surface area contributed by atoms with Crippen molar-refractivity contribution in [2.75, 3.05) is 6.61 Å². The highest BCUT2D eigenvalue weighted by Gasteiger charge is 2.22. The highest BCUT2D eigenvalue weighted by molar-refractivity contribution is 7.80. The highest BCUT2D eigenvalue weighted by Crippen LogP contribution is 2.30. The minimum atomic E-state index is 0.257. The molecule has 0 amide bonds. The molecule has 2 aromatic carbocycles. The van der Waals surface area contributed by atoms with Gasteiger partial charge in [0.05, 0.1) is 18.9 Å². The van der Waals surface area contributed by atoms with E-state index in [4.69, 9.17) is 17.0 Å². The Hall–Kier alpha value is -2.40. The lowest BCUT2D eigenvalue weighted by Crippen LogP contribution is -2.34. The smallest absolute Gasteiger partial charge is 0.187 e. The Balaban J connectivity index is 1.57. The number of thiocarbonyl (C=S) groups is 1. The summed E-state index contributed by atoms with van der Waals surface area (Å²) < 4.78 is 5.57. The van der Waals surface area contributed by atoms with Crippen molar-refractivity contribution in [3.63, 3.8) is 0 Å². The lowest BCUT2D eigenvalue weighted by molar-refractivity contribution is 0.340. The van der Waals surface area contributed by atoms with Crippen LogP contribution >= 0.6 is 12.2 Å². The largest absolute Gasteiger partial charge is 0.493 e. The normalized spacial score (nSPS) is 16.0. The average Bonchev–Trinajstić information content (AvgIpc) is 3.00. The first-order valence-electron chi connectivity index (χ1n) is 8.17. The van der Waals surface area contributed by atoms with Gasteiger partial charge >= 0.3 is 0 Å².